The fourth-order valence-corrected chi connectivity index (χ4v) is 6.76. The van der Waals surface area contributed by atoms with E-state index in [0.29, 0.717) is 0 Å². The van der Waals surface area contributed by atoms with Crippen molar-refractivity contribution < 1.29 is 21.5 Å². The van der Waals surface area contributed by atoms with Crippen LogP contribution in [-0.2, 0) is 21.5 Å². The molecule has 0 bridgehead atoms. The van der Waals surface area contributed by atoms with Gasteiger partial charge in [0.25, 0.3) is 0 Å². The van der Waals surface area contributed by atoms with Gasteiger partial charge >= 0.3 is 27.4 Å². The normalized spacial score (nSPS) is 12.9. The van der Waals surface area contributed by atoms with Crippen molar-refractivity contribution in [3.63, 3.8) is 0 Å². The van der Waals surface area contributed by atoms with Crippen molar-refractivity contribution >= 4 is 27.4 Å². The van der Waals surface area contributed by atoms with E-state index in [9.17, 15) is 0 Å². The minimum atomic E-state index is -2.55. The third-order valence-corrected chi connectivity index (χ3v) is 8.76. The highest BCUT2D eigenvalue weighted by atomic mass is 28.5. The predicted octanol–water partition coefficient (Wildman–Crippen LogP) is 0.763. The molecule has 0 aromatic rings. The van der Waals surface area contributed by atoms with E-state index in [2.05, 4.69) is 0 Å². The van der Waals surface area contributed by atoms with Crippen LogP contribution < -0.4 is 0 Å². The average Bonchev–Trinajstić information content (AvgIpc) is 2.17. The Hall–Kier alpha value is 0.451. The Morgan fingerprint density at radius 1 is 0.857 bits per heavy atom. The Morgan fingerprint density at radius 3 is 1.43 bits per heavy atom. The summed E-state index contributed by atoms with van der Waals surface area (Å²) in [7, 11) is -0.287. The summed E-state index contributed by atoms with van der Waals surface area (Å²) in [6.07, 6.45) is 0. The average molecular weight is 254 g/mol. The lowest BCUT2D eigenvalue weighted by Crippen LogP contribution is -2.49. The van der Waals surface area contributed by atoms with Gasteiger partial charge in [0, 0.05) is 27.9 Å². The van der Waals surface area contributed by atoms with Crippen LogP contribution in [0, 0.1) is 0 Å². The summed E-state index contributed by atoms with van der Waals surface area (Å²) in [4.78, 5) is 0. The molecule has 14 heavy (non-hydrogen) atoms. The first-order valence-corrected chi connectivity index (χ1v) is 10.0. The number of hydrogen-bond donors (Lipinski definition) is 0. The molecule has 0 saturated carbocycles. The van der Waals surface area contributed by atoms with Gasteiger partial charge in [0.1, 0.15) is 0 Å². The van der Waals surface area contributed by atoms with Gasteiger partial charge in [0.2, 0.25) is 0 Å². The van der Waals surface area contributed by atoms with E-state index in [1.807, 2.05) is 19.6 Å². The van der Waals surface area contributed by atoms with E-state index in [1.165, 1.54) is 0 Å². The molecule has 0 N–H and O–H groups in total. The maximum Gasteiger partial charge on any atom is 0.479 e. The number of rotatable bonds is 7. The van der Waals surface area contributed by atoms with Gasteiger partial charge in [-0.05, 0) is 13.1 Å². The van der Waals surface area contributed by atoms with Crippen molar-refractivity contribution in [2.75, 3.05) is 21.3 Å². The first-order valence-electron chi connectivity index (χ1n) is 4.15. The second kappa shape index (κ2) is 6.85. The molecule has 0 amide bonds. The van der Waals surface area contributed by atoms with Gasteiger partial charge in [0.15, 0.2) is 0 Å². The highest BCUT2D eigenvalue weighted by molar-refractivity contribution is 6.72. The van der Waals surface area contributed by atoms with Crippen LogP contribution >= 0.6 is 0 Å². The topological polar surface area (TPSA) is 46.2 Å². The summed E-state index contributed by atoms with van der Waals surface area (Å²) in [5, 5.41) is 0. The Labute approximate surface area is 90.3 Å². The zero-order chi connectivity index (χ0) is 11.2. The molecule has 0 aliphatic carbocycles. The molecule has 0 rings (SSSR count). The molecule has 0 aromatic carbocycles. The lowest BCUT2D eigenvalue weighted by atomic mass is 11.8. The minimum Gasteiger partial charge on any atom is -0.397 e. The fourth-order valence-electron chi connectivity index (χ4n) is 0.710. The number of hydrogen-bond acceptors (Lipinski definition) is 5. The van der Waals surface area contributed by atoms with E-state index in [4.69, 9.17) is 21.5 Å². The maximum absolute atomic E-state index is 5.63. The molecular formula is C6H18O5Si3. The monoisotopic (exact) mass is 254 g/mol. The van der Waals surface area contributed by atoms with Crippen molar-refractivity contribution in [2.24, 2.45) is 0 Å². The van der Waals surface area contributed by atoms with Gasteiger partial charge in [-0.25, -0.2) is 0 Å². The zero-order valence-electron chi connectivity index (χ0n) is 9.54. The van der Waals surface area contributed by atoms with Crippen LogP contribution in [0.25, 0.3) is 0 Å². The maximum atomic E-state index is 5.63. The minimum absolute atomic E-state index is 1.28. The second-order valence-electron chi connectivity index (χ2n) is 2.66. The molecule has 0 unspecified atom stereocenters. The van der Waals surface area contributed by atoms with Crippen LogP contribution in [-0.4, -0.2) is 48.7 Å². The first kappa shape index (κ1) is 14.5. The standard InChI is InChI=1S/C6H18O5Si3/c1-7-12(4)10-14(6,9-3)11-13(5)8-2/h1-6H3. The Bertz CT molecular complexity index is 146. The Kier molecular flexibility index (Phi) is 7.07. The van der Waals surface area contributed by atoms with Gasteiger partial charge in [-0.15, -0.1) is 0 Å². The van der Waals surface area contributed by atoms with E-state index in [-0.39, 0.29) is 0 Å². The highest BCUT2D eigenvalue weighted by Gasteiger charge is 2.38. The molecule has 0 fully saturated rings. The van der Waals surface area contributed by atoms with Crippen LogP contribution in [0.5, 0.6) is 0 Å². The van der Waals surface area contributed by atoms with E-state index in [0.717, 1.165) is 0 Å². The smallest absolute Gasteiger partial charge is 0.397 e. The van der Waals surface area contributed by atoms with Gasteiger partial charge in [0.05, 0.1) is 0 Å². The quantitative estimate of drug-likeness (QED) is 0.628. The van der Waals surface area contributed by atoms with Crippen molar-refractivity contribution in [1.82, 2.24) is 0 Å². The molecule has 0 aromatic heterocycles. The lowest BCUT2D eigenvalue weighted by molar-refractivity contribution is 0.174. The summed E-state index contributed by atoms with van der Waals surface area (Å²) in [5.41, 5.74) is 0. The van der Waals surface area contributed by atoms with Crippen LogP contribution in [0.15, 0.2) is 0 Å². The van der Waals surface area contributed by atoms with Crippen molar-refractivity contribution in [3.05, 3.63) is 0 Å². The van der Waals surface area contributed by atoms with Crippen molar-refractivity contribution in [1.29, 1.82) is 0 Å². The zero-order valence-corrected chi connectivity index (χ0v) is 12.5. The SMILES string of the molecule is CO[Si](C)O[Si](C)(OC)O[Si](C)OC. The molecular weight excluding hydrogens is 236 g/mol. The Balaban J connectivity index is 4.16. The summed E-state index contributed by atoms with van der Waals surface area (Å²) in [6.45, 7) is 5.63. The van der Waals surface area contributed by atoms with Gasteiger partial charge in [-0.1, -0.05) is 0 Å². The van der Waals surface area contributed by atoms with Crippen molar-refractivity contribution in [3.8, 4) is 0 Å². The first-order chi connectivity index (χ1) is 6.47. The third-order valence-electron chi connectivity index (χ3n) is 1.60. The summed E-state index contributed by atoms with van der Waals surface area (Å²) >= 11 is 0. The second-order valence-corrected chi connectivity index (χ2v) is 9.21. The summed E-state index contributed by atoms with van der Waals surface area (Å²) in [6, 6.07) is 0. The molecule has 2 radical (unpaired) electrons. The lowest BCUT2D eigenvalue weighted by Gasteiger charge is -2.28. The van der Waals surface area contributed by atoms with Gasteiger partial charge in [-0.2, -0.15) is 0 Å². The molecule has 0 aliphatic rings. The summed E-state index contributed by atoms with van der Waals surface area (Å²) in [5.74, 6) is 0. The van der Waals surface area contributed by atoms with Gasteiger partial charge in [-0.3, -0.25) is 0 Å². The molecule has 5 nitrogen and oxygen atoms in total. The highest BCUT2D eigenvalue weighted by Crippen LogP contribution is 2.11. The molecule has 84 valence electrons. The Morgan fingerprint density at radius 2 is 1.21 bits per heavy atom. The molecule has 0 spiro atoms. The molecule has 0 atom stereocenters. The van der Waals surface area contributed by atoms with Gasteiger partial charge < -0.3 is 21.5 Å². The third kappa shape index (κ3) is 5.36. The molecule has 0 saturated heterocycles. The molecule has 0 aliphatic heterocycles. The van der Waals surface area contributed by atoms with Crippen LogP contribution in [0.2, 0.25) is 19.6 Å². The fraction of sp³-hybridized carbons (Fsp3) is 1.00. The van der Waals surface area contributed by atoms with E-state index in [1.54, 1.807) is 21.3 Å². The van der Waals surface area contributed by atoms with Crippen LogP contribution in [0.4, 0.5) is 0 Å². The van der Waals surface area contributed by atoms with Crippen molar-refractivity contribution in [2.45, 2.75) is 19.6 Å². The van der Waals surface area contributed by atoms with E-state index < -0.39 is 27.4 Å². The predicted molar refractivity (Wildman–Crippen MR) is 58.1 cm³/mol. The van der Waals surface area contributed by atoms with E-state index >= 15 is 0 Å². The molecule has 8 heteroatoms. The van der Waals surface area contributed by atoms with Crippen LogP contribution in [0.3, 0.4) is 0 Å². The van der Waals surface area contributed by atoms with Crippen LogP contribution in [0.1, 0.15) is 0 Å². The summed E-state index contributed by atoms with van der Waals surface area (Å²) < 4.78 is 26.7. The largest absolute Gasteiger partial charge is 0.479 e. The molecule has 0 heterocycles.